The van der Waals surface area contributed by atoms with Crippen molar-refractivity contribution in [3.8, 4) is 0 Å². The Morgan fingerprint density at radius 2 is 1.72 bits per heavy atom. The highest BCUT2D eigenvalue weighted by Crippen LogP contribution is 2.09. The summed E-state index contributed by atoms with van der Waals surface area (Å²) in [5.74, 6) is -0.319. The largest absolute Gasteiger partial charge is 0.338 e. The molecule has 0 radical (unpaired) electrons. The molecule has 0 aliphatic heterocycles. The zero-order valence-corrected chi connectivity index (χ0v) is 14.1. The lowest BCUT2D eigenvalue weighted by Gasteiger charge is -2.05. The molecule has 0 aliphatic rings. The Balaban J connectivity index is 1.74. The van der Waals surface area contributed by atoms with E-state index in [0.29, 0.717) is 13.0 Å². The number of benzene rings is 2. The van der Waals surface area contributed by atoms with Crippen LogP contribution in [0.25, 0.3) is 6.08 Å². The maximum absolute atomic E-state index is 12.8. The first-order valence-electron chi connectivity index (χ1n) is 7.43. The van der Waals surface area contributed by atoms with Crippen molar-refractivity contribution in [1.29, 1.82) is 0 Å². The fourth-order valence-corrected chi connectivity index (χ4v) is 2.52. The van der Waals surface area contributed by atoms with Crippen LogP contribution in [0.4, 0.5) is 9.18 Å². The minimum Gasteiger partial charge on any atom is -0.338 e. The number of urea groups is 1. The van der Waals surface area contributed by atoms with Crippen LogP contribution in [0.1, 0.15) is 11.1 Å². The summed E-state index contributed by atoms with van der Waals surface area (Å²) in [4.78, 5) is 11.7. The van der Waals surface area contributed by atoms with Crippen LogP contribution in [-0.4, -0.2) is 21.0 Å². The molecule has 132 valence electrons. The Kier molecular flexibility index (Phi) is 6.26. The molecule has 25 heavy (non-hydrogen) atoms. The number of halogens is 1. The molecular weight excluding hydrogens is 345 g/mol. The lowest BCUT2D eigenvalue weighted by atomic mass is 10.1. The van der Waals surface area contributed by atoms with Crippen LogP contribution in [0.5, 0.6) is 0 Å². The smallest absolute Gasteiger partial charge is 0.318 e. The third kappa shape index (κ3) is 6.36. The lowest BCUT2D eigenvalue weighted by Crippen LogP contribution is -2.33. The van der Waals surface area contributed by atoms with E-state index in [0.717, 1.165) is 11.1 Å². The Morgan fingerprint density at radius 1 is 1.08 bits per heavy atom. The van der Waals surface area contributed by atoms with Crippen LogP contribution in [0, 0.1) is 5.82 Å². The third-order valence-electron chi connectivity index (χ3n) is 3.31. The van der Waals surface area contributed by atoms with Crippen LogP contribution < -0.4 is 15.8 Å². The number of primary sulfonamides is 1. The summed E-state index contributed by atoms with van der Waals surface area (Å²) in [5.41, 5.74) is 1.63. The van der Waals surface area contributed by atoms with Crippen molar-refractivity contribution in [2.45, 2.75) is 11.3 Å². The molecule has 6 nitrogen and oxygen atoms in total. The number of amides is 2. The highest BCUT2D eigenvalue weighted by Gasteiger charge is 2.06. The molecule has 0 saturated heterocycles. The molecule has 2 aromatic carbocycles. The standard InChI is InChI=1S/C17H18FN3O3S/c18-15-5-1-13(2-6-15)9-11-20-17(22)21-12-10-14-3-7-16(8-4-14)25(19,23)24/h1-9,11H,10,12H2,(H2,19,23,24)(H2,20,21,22)/b11-9+. The maximum atomic E-state index is 12.8. The molecule has 0 spiro atoms. The van der Waals surface area contributed by atoms with Gasteiger partial charge in [-0.1, -0.05) is 24.3 Å². The van der Waals surface area contributed by atoms with E-state index in [1.165, 1.54) is 30.5 Å². The summed E-state index contributed by atoms with van der Waals surface area (Å²) in [6, 6.07) is 11.6. The minimum atomic E-state index is -3.70. The van der Waals surface area contributed by atoms with Crippen molar-refractivity contribution in [2.75, 3.05) is 6.54 Å². The molecule has 2 rings (SSSR count). The van der Waals surface area contributed by atoms with Gasteiger partial charge in [-0.25, -0.2) is 22.7 Å². The molecule has 0 unspecified atom stereocenters. The molecule has 0 fully saturated rings. The maximum Gasteiger partial charge on any atom is 0.318 e. The quantitative estimate of drug-likeness (QED) is 0.731. The minimum absolute atomic E-state index is 0.0490. The second-order valence-electron chi connectivity index (χ2n) is 5.22. The number of hydrogen-bond acceptors (Lipinski definition) is 3. The summed E-state index contributed by atoms with van der Waals surface area (Å²) in [6.07, 6.45) is 3.65. The van der Waals surface area contributed by atoms with Gasteiger partial charge in [0.1, 0.15) is 5.82 Å². The van der Waals surface area contributed by atoms with E-state index >= 15 is 0 Å². The molecule has 0 aromatic heterocycles. The molecule has 0 aliphatic carbocycles. The van der Waals surface area contributed by atoms with Crippen molar-refractivity contribution < 1.29 is 17.6 Å². The Bertz CT molecular complexity index is 848. The van der Waals surface area contributed by atoms with Gasteiger partial charge in [0.15, 0.2) is 0 Å². The highest BCUT2D eigenvalue weighted by molar-refractivity contribution is 7.89. The Morgan fingerprint density at radius 3 is 2.32 bits per heavy atom. The SMILES string of the molecule is NS(=O)(=O)c1ccc(CCNC(=O)N/C=C/c2ccc(F)cc2)cc1. The number of carbonyl (C=O) groups is 1. The highest BCUT2D eigenvalue weighted by atomic mass is 32.2. The number of rotatable bonds is 6. The van der Waals surface area contributed by atoms with E-state index in [-0.39, 0.29) is 16.7 Å². The summed E-state index contributed by atoms with van der Waals surface area (Å²) in [5, 5.41) is 10.2. The Hall–Kier alpha value is -2.71. The van der Waals surface area contributed by atoms with Gasteiger partial charge in [0.2, 0.25) is 10.0 Å². The molecule has 0 atom stereocenters. The molecule has 0 saturated carbocycles. The van der Waals surface area contributed by atoms with E-state index in [1.807, 2.05) is 0 Å². The zero-order chi connectivity index (χ0) is 18.3. The second kappa shape index (κ2) is 8.41. The predicted molar refractivity (Wildman–Crippen MR) is 93.5 cm³/mol. The first kappa shape index (κ1) is 18.6. The van der Waals surface area contributed by atoms with Crippen LogP contribution in [-0.2, 0) is 16.4 Å². The van der Waals surface area contributed by atoms with E-state index < -0.39 is 10.0 Å². The molecule has 8 heteroatoms. The van der Waals surface area contributed by atoms with E-state index in [4.69, 9.17) is 5.14 Å². The average molecular weight is 363 g/mol. The van der Waals surface area contributed by atoms with Crippen molar-refractivity contribution in [3.63, 3.8) is 0 Å². The van der Waals surface area contributed by atoms with Gasteiger partial charge in [-0.05, 0) is 47.9 Å². The van der Waals surface area contributed by atoms with Crippen LogP contribution in [0.3, 0.4) is 0 Å². The first-order chi connectivity index (χ1) is 11.8. The predicted octanol–water partition coefficient (Wildman–Crippen LogP) is 1.99. The van der Waals surface area contributed by atoms with Crippen molar-refractivity contribution >= 4 is 22.1 Å². The Labute approximate surface area is 145 Å². The van der Waals surface area contributed by atoms with Gasteiger partial charge in [-0.2, -0.15) is 0 Å². The van der Waals surface area contributed by atoms with Crippen molar-refractivity contribution in [1.82, 2.24) is 10.6 Å². The molecule has 2 amide bonds. The van der Waals surface area contributed by atoms with E-state index in [9.17, 15) is 17.6 Å². The summed E-state index contributed by atoms with van der Waals surface area (Å²) in [6.45, 7) is 0.380. The lowest BCUT2D eigenvalue weighted by molar-refractivity contribution is 0.244. The number of hydrogen-bond donors (Lipinski definition) is 3. The molecule has 2 aromatic rings. The van der Waals surface area contributed by atoms with Gasteiger partial charge in [0, 0.05) is 12.7 Å². The number of nitrogens with one attached hydrogen (secondary N) is 2. The van der Waals surface area contributed by atoms with Gasteiger partial charge in [0.25, 0.3) is 0 Å². The van der Waals surface area contributed by atoms with Gasteiger partial charge < -0.3 is 10.6 Å². The number of nitrogens with two attached hydrogens (primary N) is 1. The van der Waals surface area contributed by atoms with Crippen molar-refractivity contribution in [2.24, 2.45) is 5.14 Å². The summed E-state index contributed by atoms with van der Waals surface area (Å²) >= 11 is 0. The molecular formula is C17H18FN3O3S. The number of carbonyl (C=O) groups excluding carboxylic acids is 1. The summed E-state index contributed by atoms with van der Waals surface area (Å²) < 4.78 is 35.1. The topological polar surface area (TPSA) is 101 Å². The van der Waals surface area contributed by atoms with Gasteiger partial charge in [-0.3, -0.25) is 0 Å². The normalized spacial score (nSPS) is 11.4. The van der Waals surface area contributed by atoms with Gasteiger partial charge in [0.05, 0.1) is 4.90 Å². The fraction of sp³-hybridized carbons (Fsp3) is 0.118. The van der Waals surface area contributed by atoms with E-state index in [1.54, 1.807) is 30.3 Å². The monoisotopic (exact) mass is 363 g/mol. The number of sulfonamides is 1. The van der Waals surface area contributed by atoms with Crippen molar-refractivity contribution in [3.05, 3.63) is 71.7 Å². The van der Waals surface area contributed by atoms with Crippen LogP contribution in [0.2, 0.25) is 0 Å². The third-order valence-corrected chi connectivity index (χ3v) is 4.24. The molecule has 0 heterocycles. The van der Waals surface area contributed by atoms with Crippen LogP contribution >= 0.6 is 0 Å². The second-order valence-corrected chi connectivity index (χ2v) is 6.79. The fourth-order valence-electron chi connectivity index (χ4n) is 2.00. The molecule has 0 bridgehead atoms. The first-order valence-corrected chi connectivity index (χ1v) is 8.97. The summed E-state index contributed by atoms with van der Waals surface area (Å²) in [7, 11) is -3.70. The van der Waals surface area contributed by atoms with Gasteiger partial charge in [-0.15, -0.1) is 0 Å². The van der Waals surface area contributed by atoms with E-state index in [2.05, 4.69) is 10.6 Å². The molecule has 4 N–H and O–H groups in total. The van der Waals surface area contributed by atoms with Crippen LogP contribution in [0.15, 0.2) is 59.6 Å². The zero-order valence-electron chi connectivity index (χ0n) is 13.3. The van der Waals surface area contributed by atoms with Gasteiger partial charge >= 0.3 is 6.03 Å². The average Bonchev–Trinajstić information content (AvgIpc) is 2.56.